The van der Waals surface area contributed by atoms with Gasteiger partial charge in [-0.25, -0.2) is 8.78 Å². The third-order valence-electron chi connectivity index (χ3n) is 7.14. The molecule has 0 unspecified atom stereocenters. The smallest absolute Gasteiger partial charge is 0.165 e. The maximum atomic E-state index is 13.8. The summed E-state index contributed by atoms with van der Waals surface area (Å²) in [6, 6.07) is 15.7. The van der Waals surface area contributed by atoms with E-state index in [1.165, 1.54) is 25.0 Å². The molecule has 7 heteroatoms. The van der Waals surface area contributed by atoms with Gasteiger partial charge >= 0.3 is 0 Å². The lowest BCUT2D eigenvalue weighted by Gasteiger charge is -2.14. The van der Waals surface area contributed by atoms with Crippen molar-refractivity contribution in [2.75, 3.05) is 5.75 Å². The van der Waals surface area contributed by atoms with E-state index in [-0.39, 0.29) is 18.3 Å². The zero-order chi connectivity index (χ0) is 26.5. The van der Waals surface area contributed by atoms with Crippen molar-refractivity contribution in [3.8, 4) is 5.75 Å². The Morgan fingerprint density at radius 1 is 1.08 bits per heavy atom. The molecule has 38 heavy (non-hydrogen) atoms. The Hall–Kier alpha value is -3.19. The first-order valence-electron chi connectivity index (χ1n) is 13.3. The highest BCUT2D eigenvalue weighted by atomic mass is 32.2. The standard InChI is InChI=1S/C31H32F2N2O2S/c1-2-38-20-29-31(30(36)15-11-21-10-14-26(32)27(33)17-21)25-13-12-24(37-23-8-3-4-9-23)18-28(25)35(29)19-22-7-5-6-16-34-22/h5-7,10,12-14,16-18,23H,2-4,8-9,11,15,19-20H2,1H3. The Morgan fingerprint density at radius 3 is 2.66 bits per heavy atom. The number of aryl methyl sites for hydroxylation is 1. The molecule has 1 saturated carbocycles. The number of rotatable bonds is 11. The second-order valence-corrected chi connectivity index (χ2v) is 11.0. The van der Waals surface area contributed by atoms with Gasteiger partial charge in [-0.3, -0.25) is 9.78 Å². The molecule has 0 amide bonds. The predicted octanol–water partition coefficient (Wildman–Crippen LogP) is 7.75. The lowest BCUT2D eigenvalue weighted by Crippen LogP contribution is -2.11. The maximum Gasteiger partial charge on any atom is 0.165 e. The average molecular weight is 535 g/mol. The quantitative estimate of drug-likeness (QED) is 0.185. The molecule has 0 aliphatic heterocycles. The first-order valence-corrected chi connectivity index (χ1v) is 14.5. The fourth-order valence-electron chi connectivity index (χ4n) is 5.23. The van der Waals surface area contributed by atoms with Gasteiger partial charge in [-0.1, -0.05) is 19.1 Å². The van der Waals surface area contributed by atoms with Gasteiger partial charge in [0.15, 0.2) is 17.4 Å². The van der Waals surface area contributed by atoms with Gasteiger partial charge in [-0.15, -0.1) is 0 Å². The second kappa shape index (κ2) is 12.1. The van der Waals surface area contributed by atoms with Crippen molar-refractivity contribution in [3.05, 3.63) is 94.9 Å². The summed E-state index contributed by atoms with van der Waals surface area (Å²) in [6.45, 7) is 2.65. The normalized spacial score (nSPS) is 13.9. The van der Waals surface area contributed by atoms with Crippen molar-refractivity contribution in [2.24, 2.45) is 0 Å². The van der Waals surface area contributed by atoms with Gasteiger partial charge in [0, 0.05) is 41.1 Å². The van der Waals surface area contributed by atoms with E-state index in [1.54, 1.807) is 18.0 Å². The first kappa shape index (κ1) is 26.4. The Labute approximate surface area is 226 Å². The highest BCUT2D eigenvalue weighted by Gasteiger charge is 2.24. The molecular formula is C31H32F2N2O2S. The van der Waals surface area contributed by atoms with Crippen LogP contribution in [-0.4, -0.2) is 27.2 Å². The number of benzene rings is 2. The van der Waals surface area contributed by atoms with Crippen LogP contribution in [0.5, 0.6) is 5.75 Å². The lowest BCUT2D eigenvalue weighted by molar-refractivity contribution is 0.0983. The van der Waals surface area contributed by atoms with Crippen molar-refractivity contribution >= 4 is 28.4 Å². The Bertz CT molecular complexity index is 1410. The van der Waals surface area contributed by atoms with E-state index in [4.69, 9.17) is 4.74 Å². The minimum atomic E-state index is -0.892. The molecule has 2 heterocycles. The van der Waals surface area contributed by atoms with Gasteiger partial charge in [0.2, 0.25) is 0 Å². The summed E-state index contributed by atoms with van der Waals surface area (Å²) in [5.41, 5.74) is 4.13. The molecule has 0 saturated heterocycles. The Morgan fingerprint density at radius 2 is 1.92 bits per heavy atom. The van der Waals surface area contributed by atoms with Crippen LogP contribution in [0.15, 0.2) is 60.8 Å². The summed E-state index contributed by atoms with van der Waals surface area (Å²) in [5, 5.41) is 0.890. The van der Waals surface area contributed by atoms with Crippen LogP contribution in [0.25, 0.3) is 10.9 Å². The van der Waals surface area contributed by atoms with E-state index in [0.29, 0.717) is 29.8 Å². The number of nitrogens with zero attached hydrogens (tertiary/aromatic N) is 2. The molecule has 1 aliphatic carbocycles. The van der Waals surface area contributed by atoms with Crippen LogP contribution in [-0.2, 0) is 18.7 Å². The van der Waals surface area contributed by atoms with Crippen LogP contribution >= 0.6 is 11.8 Å². The largest absolute Gasteiger partial charge is 0.490 e. The zero-order valence-corrected chi connectivity index (χ0v) is 22.4. The summed E-state index contributed by atoms with van der Waals surface area (Å²) in [7, 11) is 0. The van der Waals surface area contributed by atoms with Gasteiger partial charge < -0.3 is 9.30 Å². The molecule has 2 aromatic heterocycles. The highest BCUT2D eigenvalue weighted by Crippen LogP contribution is 2.35. The minimum absolute atomic E-state index is 0.00401. The van der Waals surface area contributed by atoms with E-state index >= 15 is 0 Å². The lowest BCUT2D eigenvalue weighted by atomic mass is 10.00. The van der Waals surface area contributed by atoms with Crippen LogP contribution in [0.1, 0.15) is 66.3 Å². The SMILES string of the molecule is CCSCc1c(C(=O)CCc2ccc(F)c(F)c2)c2ccc(OC3CCCC3)cc2n1Cc1ccccn1. The molecule has 198 valence electrons. The van der Waals surface area contributed by atoms with Gasteiger partial charge in [-0.2, -0.15) is 11.8 Å². The highest BCUT2D eigenvalue weighted by molar-refractivity contribution is 7.98. The molecular weight excluding hydrogens is 502 g/mol. The molecule has 4 aromatic rings. The maximum absolute atomic E-state index is 13.8. The van der Waals surface area contributed by atoms with Crippen molar-refractivity contribution < 1.29 is 18.3 Å². The minimum Gasteiger partial charge on any atom is -0.490 e. The van der Waals surface area contributed by atoms with Crippen LogP contribution < -0.4 is 4.74 Å². The molecule has 5 rings (SSSR count). The van der Waals surface area contributed by atoms with E-state index in [1.807, 2.05) is 30.3 Å². The summed E-state index contributed by atoms with van der Waals surface area (Å²) in [6.07, 6.45) is 7.08. The summed E-state index contributed by atoms with van der Waals surface area (Å²) in [4.78, 5) is 18.3. The summed E-state index contributed by atoms with van der Waals surface area (Å²) >= 11 is 1.77. The topological polar surface area (TPSA) is 44.1 Å². The second-order valence-electron chi connectivity index (χ2n) is 9.74. The Kier molecular flexibility index (Phi) is 8.42. The number of fused-ring (bicyclic) bond motifs is 1. The number of carbonyl (C=O) groups is 1. The molecule has 0 spiro atoms. The molecule has 1 fully saturated rings. The number of thioether (sulfide) groups is 1. The molecule has 4 nitrogen and oxygen atoms in total. The number of ketones is 1. The first-order chi connectivity index (χ1) is 18.5. The molecule has 0 atom stereocenters. The average Bonchev–Trinajstić information content (AvgIpc) is 3.54. The van der Waals surface area contributed by atoms with E-state index < -0.39 is 11.6 Å². The number of halogens is 2. The third kappa shape index (κ3) is 5.93. The number of Topliss-reactive ketones (excluding diaryl/α,β-unsaturated/α-hetero) is 1. The predicted molar refractivity (Wildman–Crippen MR) is 149 cm³/mol. The van der Waals surface area contributed by atoms with Crippen LogP contribution in [0.3, 0.4) is 0 Å². The number of ether oxygens (including phenoxy) is 1. The molecule has 2 aromatic carbocycles. The van der Waals surface area contributed by atoms with Crippen LogP contribution in [0.4, 0.5) is 8.78 Å². The van der Waals surface area contributed by atoms with Gasteiger partial charge in [0.25, 0.3) is 0 Å². The van der Waals surface area contributed by atoms with Crippen LogP contribution in [0.2, 0.25) is 0 Å². The van der Waals surface area contributed by atoms with Crippen molar-refractivity contribution in [2.45, 2.75) is 63.9 Å². The van der Waals surface area contributed by atoms with Crippen LogP contribution in [0, 0.1) is 11.6 Å². The fraction of sp³-hybridized carbons (Fsp3) is 0.355. The monoisotopic (exact) mass is 534 g/mol. The fourth-order valence-corrected chi connectivity index (χ4v) is 5.92. The zero-order valence-electron chi connectivity index (χ0n) is 21.6. The van der Waals surface area contributed by atoms with Crippen molar-refractivity contribution in [1.29, 1.82) is 0 Å². The number of carbonyl (C=O) groups excluding carboxylic acids is 1. The van der Waals surface area contributed by atoms with Crippen molar-refractivity contribution in [1.82, 2.24) is 9.55 Å². The molecule has 0 bridgehead atoms. The van der Waals surface area contributed by atoms with Gasteiger partial charge in [-0.05, 0) is 79.8 Å². The van der Waals surface area contributed by atoms with E-state index in [9.17, 15) is 13.6 Å². The van der Waals surface area contributed by atoms with Crippen molar-refractivity contribution in [3.63, 3.8) is 0 Å². The molecule has 1 aliphatic rings. The van der Waals surface area contributed by atoms with Gasteiger partial charge in [0.05, 0.1) is 23.9 Å². The summed E-state index contributed by atoms with van der Waals surface area (Å²) in [5.74, 6) is 0.645. The third-order valence-corrected chi connectivity index (χ3v) is 8.03. The number of hydrogen-bond donors (Lipinski definition) is 0. The molecule has 0 N–H and O–H groups in total. The number of hydrogen-bond acceptors (Lipinski definition) is 4. The number of pyridine rings is 1. The van der Waals surface area contributed by atoms with E-state index in [0.717, 1.165) is 52.7 Å². The van der Waals surface area contributed by atoms with Gasteiger partial charge in [0.1, 0.15) is 5.75 Å². The molecule has 0 radical (unpaired) electrons. The summed E-state index contributed by atoms with van der Waals surface area (Å²) < 4.78 is 35.7. The Balaban J connectivity index is 1.54. The van der Waals surface area contributed by atoms with E-state index in [2.05, 4.69) is 22.5 Å². The number of aromatic nitrogens is 2.